The summed E-state index contributed by atoms with van der Waals surface area (Å²) in [6, 6.07) is 0. The van der Waals surface area contributed by atoms with Crippen LogP contribution in [0.1, 0.15) is 66.7 Å². The maximum atomic E-state index is 12.6. The Morgan fingerprint density at radius 1 is 1.26 bits per heavy atom. The quantitative estimate of drug-likeness (QED) is 0.563. The Bertz CT molecular complexity index is 495. The molecule has 0 aliphatic heterocycles. The maximum absolute atomic E-state index is 12.6. The number of hydrogen-bond donors (Lipinski definition) is 0. The minimum absolute atomic E-state index is 0.00454. The molecule has 0 N–H and O–H groups in total. The van der Waals surface area contributed by atoms with E-state index in [0.29, 0.717) is 30.1 Å². The van der Waals surface area contributed by atoms with Crippen LogP contribution in [0.3, 0.4) is 0 Å². The van der Waals surface area contributed by atoms with Crippen LogP contribution < -0.4 is 0 Å². The molecular weight excluding hydrogens is 288 g/mol. The fourth-order valence-electron chi connectivity index (χ4n) is 5.29. The molecule has 0 aromatic carbocycles. The van der Waals surface area contributed by atoms with Crippen molar-refractivity contribution in [2.24, 2.45) is 29.1 Å². The summed E-state index contributed by atoms with van der Waals surface area (Å²) in [5, 5.41) is 0. The predicted octanol–water partition coefficient (Wildman–Crippen LogP) is 4.55. The lowest BCUT2D eigenvalue weighted by Crippen LogP contribution is -2.63. The van der Waals surface area contributed by atoms with Crippen molar-refractivity contribution in [3.63, 3.8) is 0 Å². The van der Waals surface area contributed by atoms with Crippen molar-refractivity contribution in [2.45, 2.75) is 72.3 Å². The lowest BCUT2D eigenvalue weighted by Gasteiger charge is -2.59. The monoisotopic (exact) mass is 320 g/mol. The molecule has 0 amide bonds. The summed E-state index contributed by atoms with van der Waals surface area (Å²) in [5.41, 5.74) is -1.24. The Balaban J connectivity index is 2.43. The number of carbonyl (C=O) groups is 2. The summed E-state index contributed by atoms with van der Waals surface area (Å²) >= 11 is 0. The second kappa shape index (κ2) is 6.41. The van der Waals surface area contributed by atoms with Gasteiger partial charge in [-0.05, 0) is 62.7 Å². The molecule has 130 valence electrons. The van der Waals surface area contributed by atoms with E-state index in [1.54, 1.807) is 6.92 Å². The Labute approximate surface area is 140 Å². The topological polar surface area (TPSA) is 43.4 Å². The maximum Gasteiger partial charge on any atom is 0.331 e. The molecule has 0 aromatic rings. The highest BCUT2D eigenvalue weighted by Crippen LogP contribution is 2.60. The average Bonchev–Trinajstić information content (AvgIpc) is 2.49. The molecule has 1 unspecified atom stereocenters. The summed E-state index contributed by atoms with van der Waals surface area (Å²) < 4.78 is 5.80. The molecule has 0 heterocycles. The molecule has 0 aromatic heterocycles. The van der Waals surface area contributed by atoms with Crippen molar-refractivity contribution in [3.05, 3.63) is 12.7 Å². The molecule has 2 rings (SSSR count). The summed E-state index contributed by atoms with van der Waals surface area (Å²) in [6.07, 6.45) is 5.96. The van der Waals surface area contributed by atoms with Gasteiger partial charge in [-0.15, -0.1) is 0 Å². The Morgan fingerprint density at radius 3 is 2.43 bits per heavy atom. The van der Waals surface area contributed by atoms with Crippen LogP contribution >= 0.6 is 0 Å². The molecule has 2 aliphatic rings. The van der Waals surface area contributed by atoms with Crippen LogP contribution in [-0.4, -0.2) is 17.4 Å². The van der Waals surface area contributed by atoms with Crippen LogP contribution in [0.25, 0.3) is 0 Å². The van der Waals surface area contributed by atoms with Gasteiger partial charge in [0.25, 0.3) is 0 Å². The fourth-order valence-corrected chi connectivity index (χ4v) is 5.29. The fraction of sp³-hybridized carbons (Fsp3) is 0.800. The molecule has 2 fully saturated rings. The van der Waals surface area contributed by atoms with Gasteiger partial charge in [-0.3, -0.25) is 4.79 Å². The minimum atomic E-state index is -0.975. The van der Waals surface area contributed by atoms with Crippen LogP contribution in [0.15, 0.2) is 12.7 Å². The van der Waals surface area contributed by atoms with Crippen molar-refractivity contribution in [2.75, 3.05) is 0 Å². The van der Waals surface area contributed by atoms with Crippen LogP contribution in [0.5, 0.6) is 0 Å². The second-order valence-electron chi connectivity index (χ2n) is 8.33. The highest BCUT2D eigenvalue weighted by Gasteiger charge is 2.62. The van der Waals surface area contributed by atoms with E-state index >= 15 is 0 Å². The number of carbonyl (C=O) groups excluding carboxylic acids is 2. The Kier molecular flexibility index (Phi) is 5.08. The third kappa shape index (κ3) is 2.88. The van der Waals surface area contributed by atoms with E-state index in [1.807, 2.05) is 0 Å². The van der Waals surface area contributed by atoms with Crippen molar-refractivity contribution in [1.29, 1.82) is 0 Å². The van der Waals surface area contributed by atoms with Gasteiger partial charge in [0, 0.05) is 11.5 Å². The van der Waals surface area contributed by atoms with Crippen LogP contribution in [0.2, 0.25) is 0 Å². The van der Waals surface area contributed by atoms with Gasteiger partial charge in [0.15, 0.2) is 11.4 Å². The molecule has 0 saturated heterocycles. The highest BCUT2D eigenvalue weighted by molar-refractivity contribution is 5.91. The average molecular weight is 320 g/mol. The van der Waals surface area contributed by atoms with Crippen LogP contribution in [-0.2, 0) is 14.3 Å². The third-order valence-corrected chi connectivity index (χ3v) is 6.92. The first-order valence-corrected chi connectivity index (χ1v) is 9.04. The van der Waals surface area contributed by atoms with Crippen molar-refractivity contribution >= 4 is 11.8 Å². The van der Waals surface area contributed by atoms with E-state index in [1.165, 1.54) is 6.08 Å². The number of ether oxygens (including phenoxy) is 1. The molecule has 3 nitrogen and oxygen atoms in total. The second-order valence-corrected chi connectivity index (χ2v) is 8.33. The number of hydrogen-bond acceptors (Lipinski definition) is 3. The molecule has 3 heteroatoms. The number of Topliss-reactive ketones (excluding diaryl/α,β-unsaturated/α-hetero) is 1. The molecule has 2 saturated carbocycles. The SMILES string of the molecule is C=CC(=O)OC1(C(C)=O)CC[C@H](C)[C@@H]2C[C@H](C(C)C)CC[C@]21C. The predicted molar refractivity (Wildman–Crippen MR) is 91.9 cm³/mol. The lowest BCUT2D eigenvalue weighted by molar-refractivity contribution is -0.206. The molecular formula is C20H32O3. The molecule has 0 bridgehead atoms. The first-order valence-electron chi connectivity index (χ1n) is 9.04. The first-order chi connectivity index (χ1) is 10.7. The van der Waals surface area contributed by atoms with Gasteiger partial charge in [0.2, 0.25) is 0 Å². The number of fused-ring (bicyclic) bond motifs is 1. The summed E-state index contributed by atoms with van der Waals surface area (Å²) in [5.74, 6) is 1.88. The van der Waals surface area contributed by atoms with E-state index in [4.69, 9.17) is 4.74 Å². The van der Waals surface area contributed by atoms with Crippen LogP contribution in [0, 0.1) is 29.1 Å². The zero-order valence-corrected chi connectivity index (χ0v) is 15.4. The normalized spacial score (nSPS) is 40.3. The molecule has 23 heavy (non-hydrogen) atoms. The summed E-state index contributed by atoms with van der Waals surface area (Å²) in [4.78, 5) is 24.6. The number of rotatable bonds is 4. The van der Waals surface area contributed by atoms with E-state index < -0.39 is 11.6 Å². The van der Waals surface area contributed by atoms with E-state index in [-0.39, 0.29) is 11.2 Å². The van der Waals surface area contributed by atoms with Gasteiger partial charge in [-0.1, -0.05) is 34.3 Å². The largest absolute Gasteiger partial charge is 0.447 e. The summed E-state index contributed by atoms with van der Waals surface area (Å²) in [6.45, 7) is 14.1. The smallest absolute Gasteiger partial charge is 0.331 e. The Hall–Kier alpha value is -1.12. The van der Waals surface area contributed by atoms with E-state index in [9.17, 15) is 9.59 Å². The standard InChI is InChI=1S/C20H32O3/c1-7-18(22)23-20(15(5)21)11-8-14(4)17-12-16(13(2)3)9-10-19(17,20)6/h7,13-14,16-17H,1,8-12H2,2-6H3/t14-,16+,17-,19+,20?/m0/s1. The van der Waals surface area contributed by atoms with Gasteiger partial charge in [-0.25, -0.2) is 4.79 Å². The molecule has 2 aliphatic carbocycles. The van der Waals surface area contributed by atoms with Gasteiger partial charge in [0.05, 0.1) is 0 Å². The van der Waals surface area contributed by atoms with Crippen molar-refractivity contribution < 1.29 is 14.3 Å². The van der Waals surface area contributed by atoms with Crippen LogP contribution in [0.4, 0.5) is 0 Å². The number of ketones is 1. The highest BCUT2D eigenvalue weighted by atomic mass is 16.6. The zero-order valence-electron chi connectivity index (χ0n) is 15.4. The zero-order chi connectivity index (χ0) is 17.4. The van der Waals surface area contributed by atoms with Gasteiger partial charge in [-0.2, -0.15) is 0 Å². The molecule has 0 radical (unpaired) electrons. The molecule has 5 atom stereocenters. The van der Waals surface area contributed by atoms with E-state index in [0.717, 1.165) is 25.7 Å². The number of esters is 1. The van der Waals surface area contributed by atoms with Crippen molar-refractivity contribution in [3.8, 4) is 0 Å². The first kappa shape index (κ1) is 18.2. The van der Waals surface area contributed by atoms with Crippen molar-refractivity contribution in [1.82, 2.24) is 0 Å². The minimum Gasteiger partial charge on any atom is -0.447 e. The van der Waals surface area contributed by atoms with Gasteiger partial charge < -0.3 is 4.74 Å². The van der Waals surface area contributed by atoms with E-state index in [2.05, 4.69) is 34.3 Å². The lowest BCUT2D eigenvalue weighted by atomic mass is 9.47. The van der Waals surface area contributed by atoms with Gasteiger partial charge >= 0.3 is 5.97 Å². The Morgan fingerprint density at radius 2 is 1.91 bits per heavy atom. The molecule has 0 spiro atoms. The third-order valence-electron chi connectivity index (χ3n) is 6.92. The van der Waals surface area contributed by atoms with Gasteiger partial charge in [0.1, 0.15) is 0 Å². The summed E-state index contributed by atoms with van der Waals surface area (Å²) in [7, 11) is 0.